The van der Waals surface area contributed by atoms with Gasteiger partial charge in [0.2, 0.25) is 0 Å². The molecular formula is C13H14Cl2N2O3. The molecule has 1 aliphatic rings. The van der Waals surface area contributed by atoms with Crippen LogP contribution in [0.5, 0.6) is 0 Å². The Morgan fingerprint density at radius 3 is 2.65 bits per heavy atom. The van der Waals surface area contributed by atoms with Gasteiger partial charge in [0.05, 0.1) is 16.5 Å². The van der Waals surface area contributed by atoms with Crippen LogP contribution in [0.2, 0.25) is 10.2 Å². The van der Waals surface area contributed by atoms with Crippen LogP contribution >= 0.6 is 23.2 Å². The van der Waals surface area contributed by atoms with Crippen LogP contribution in [0.3, 0.4) is 0 Å². The fraction of sp³-hybridized carbons (Fsp3) is 0.462. The smallest absolute Gasteiger partial charge is 0.308 e. The van der Waals surface area contributed by atoms with Gasteiger partial charge in [-0.1, -0.05) is 36.0 Å². The van der Waals surface area contributed by atoms with Crippen LogP contribution in [0.1, 0.15) is 36.0 Å². The van der Waals surface area contributed by atoms with Gasteiger partial charge in [-0.15, -0.1) is 0 Å². The number of nitrogens with zero attached hydrogens (tertiary/aromatic N) is 1. The third kappa shape index (κ3) is 3.41. The Morgan fingerprint density at radius 2 is 2.00 bits per heavy atom. The van der Waals surface area contributed by atoms with Crippen molar-refractivity contribution in [2.75, 3.05) is 0 Å². The summed E-state index contributed by atoms with van der Waals surface area (Å²) in [4.78, 5) is 27.1. The Bertz CT molecular complexity index is 536. The van der Waals surface area contributed by atoms with E-state index in [-0.39, 0.29) is 27.7 Å². The summed E-state index contributed by atoms with van der Waals surface area (Å²) in [6.07, 6.45) is 4.35. The van der Waals surface area contributed by atoms with Gasteiger partial charge in [0, 0.05) is 12.2 Å². The summed E-state index contributed by atoms with van der Waals surface area (Å²) in [5, 5.41) is 12.2. The molecule has 0 aromatic carbocycles. The highest BCUT2D eigenvalue weighted by Gasteiger charge is 2.32. The zero-order valence-electron chi connectivity index (χ0n) is 10.6. The molecule has 1 aliphatic carbocycles. The van der Waals surface area contributed by atoms with Gasteiger partial charge < -0.3 is 10.4 Å². The number of carboxylic acid groups (broad SMARTS) is 1. The molecule has 2 rings (SSSR count). The lowest BCUT2D eigenvalue weighted by Gasteiger charge is -2.29. The molecule has 108 valence electrons. The summed E-state index contributed by atoms with van der Waals surface area (Å²) >= 11 is 11.5. The zero-order valence-corrected chi connectivity index (χ0v) is 12.1. The van der Waals surface area contributed by atoms with E-state index >= 15 is 0 Å². The summed E-state index contributed by atoms with van der Waals surface area (Å²) in [6, 6.07) is 1.06. The van der Waals surface area contributed by atoms with E-state index in [0.29, 0.717) is 12.8 Å². The van der Waals surface area contributed by atoms with Crippen molar-refractivity contribution < 1.29 is 14.7 Å². The molecule has 1 aromatic heterocycles. The number of carbonyl (C=O) groups is 2. The summed E-state index contributed by atoms with van der Waals surface area (Å²) in [7, 11) is 0. The molecule has 0 aliphatic heterocycles. The molecule has 2 N–H and O–H groups in total. The molecule has 7 heteroatoms. The molecule has 20 heavy (non-hydrogen) atoms. The first-order chi connectivity index (χ1) is 9.49. The molecule has 0 bridgehead atoms. The average Bonchev–Trinajstić information content (AvgIpc) is 2.42. The summed E-state index contributed by atoms with van der Waals surface area (Å²) in [6.45, 7) is 0. The minimum Gasteiger partial charge on any atom is -0.481 e. The number of aromatic nitrogens is 1. The van der Waals surface area contributed by atoms with Crippen LogP contribution in [0.25, 0.3) is 0 Å². The number of amides is 1. The van der Waals surface area contributed by atoms with Crippen molar-refractivity contribution in [1.82, 2.24) is 10.3 Å². The fourth-order valence-electron chi connectivity index (χ4n) is 2.40. The molecule has 0 spiro atoms. The zero-order chi connectivity index (χ0) is 14.7. The standard InChI is InChI=1S/C13H14Cl2N2O3/c14-9-5-7(6-16-11(9)15)12(18)17-10-4-2-1-3-8(10)13(19)20/h5-6,8,10H,1-4H2,(H,17,18)(H,19,20). The lowest BCUT2D eigenvalue weighted by Crippen LogP contribution is -2.45. The maximum Gasteiger partial charge on any atom is 0.308 e. The number of hydrogen-bond acceptors (Lipinski definition) is 3. The Hall–Kier alpha value is -1.33. The van der Waals surface area contributed by atoms with E-state index in [1.165, 1.54) is 12.3 Å². The van der Waals surface area contributed by atoms with Gasteiger partial charge in [0.1, 0.15) is 5.15 Å². The van der Waals surface area contributed by atoms with E-state index in [2.05, 4.69) is 10.3 Å². The number of carbonyl (C=O) groups excluding carboxylic acids is 1. The van der Waals surface area contributed by atoms with Gasteiger partial charge >= 0.3 is 5.97 Å². The maximum atomic E-state index is 12.1. The highest BCUT2D eigenvalue weighted by molar-refractivity contribution is 6.41. The lowest BCUT2D eigenvalue weighted by molar-refractivity contribution is -0.143. The molecule has 2 unspecified atom stereocenters. The summed E-state index contributed by atoms with van der Waals surface area (Å²) in [5.74, 6) is -1.79. The number of nitrogens with one attached hydrogen (secondary N) is 1. The topological polar surface area (TPSA) is 79.3 Å². The Morgan fingerprint density at radius 1 is 1.30 bits per heavy atom. The van der Waals surface area contributed by atoms with Crippen LogP contribution in [0, 0.1) is 5.92 Å². The van der Waals surface area contributed by atoms with Crippen LogP contribution in [-0.2, 0) is 4.79 Å². The van der Waals surface area contributed by atoms with Crippen LogP contribution in [0.4, 0.5) is 0 Å². The van der Waals surface area contributed by atoms with Crippen molar-refractivity contribution in [1.29, 1.82) is 0 Å². The predicted molar refractivity (Wildman–Crippen MR) is 75.1 cm³/mol. The molecule has 1 saturated carbocycles. The molecule has 1 aromatic rings. The molecule has 1 amide bonds. The Kier molecular flexibility index (Phi) is 4.83. The minimum atomic E-state index is -0.873. The van der Waals surface area contributed by atoms with Gasteiger partial charge in [-0.25, -0.2) is 4.98 Å². The van der Waals surface area contributed by atoms with Crippen molar-refractivity contribution >= 4 is 35.1 Å². The minimum absolute atomic E-state index is 0.129. The van der Waals surface area contributed by atoms with Gasteiger partial charge in [-0.2, -0.15) is 0 Å². The average molecular weight is 317 g/mol. The second-order valence-corrected chi connectivity index (χ2v) is 5.57. The first-order valence-electron chi connectivity index (χ1n) is 6.33. The molecule has 1 fully saturated rings. The number of halogens is 2. The van der Waals surface area contributed by atoms with E-state index in [4.69, 9.17) is 23.2 Å². The quantitative estimate of drug-likeness (QED) is 0.840. The first-order valence-corrected chi connectivity index (χ1v) is 7.09. The number of hydrogen-bond donors (Lipinski definition) is 2. The maximum absolute atomic E-state index is 12.1. The highest BCUT2D eigenvalue weighted by atomic mass is 35.5. The van der Waals surface area contributed by atoms with Crippen molar-refractivity contribution in [2.45, 2.75) is 31.7 Å². The second kappa shape index (κ2) is 6.41. The van der Waals surface area contributed by atoms with E-state index in [1.54, 1.807) is 0 Å². The normalized spacial score (nSPS) is 22.3. The van der Waals surface area contributed by atoms with Crippen molar-refractivity contribution in [3.8, 4) is 0 Å². The molecule has 0 saturated heterocycles. The third-order valence-electron chi connectivity index (χ3n) is 3.46. The molecule has 0 radical (unpaired) electrons. The monoisotopic (exact) mass is 316 g/mol. The number of pyridine rings is 1. The Balaban J connectivity index is 2.09. The van der Waals surface area contributed by atoms with Crippen molar-refractivity contribution in [3.63, 3.8) is 0 Å². The lowest BCUT2D eigenvalue weighted by atomic mass is 9.84. The second-order valence-electron chi connectivity index (χ2n) is 4.81. The highest BCUT2D eigenvalue weighted by Crippen LogP contribution is 2.25. The third-order valence-corrected chi connectivity index (χ3v) is 4.14. The SMILES string of the molecule is O=C(NC1CCCCC1C(=O)O)c1cnc(Cl)c(Cl)c1. The summed E-state index contributed by atoms with van der Waals surface area (Å²) < 4.78 is 0. The van der Waals surface area contributed by atoms with E-state index in [1.807, 2.05) is 0 Å². The molecule has 5 nitrogen and oxygen atoms in total. The Labute approximate surface area is 126 Å². The summed E-state index contributed by atoms with van der Waals surface area (Å²) in [5.41, 5.74) is 0.272. The molecule has 2 atom stereocenters. The predicted octanol–water partition coefficient (Wildman–Crippen LogP) is 2.76. The van der Waals surface area contributed by atoms with E-state index < -0.39 is 11.9 Å². The van der Waals surface area contributed by atoms with E-state index in [0.717, 1.165) is 12.8 Å². The van der Waals surface area contributed by atoms with Crippen molar-refractivity contribution in [2.24, 2.45) is 5.92 Å². The van der Waals surface area contributed by atoms with Crippen LogP contribution in [0.15, 0.2) is 12.3 Å². The molecular weight excluding hydrogens is 303 g/mol. The number of rotatable bonds is 3. The van der Waals surface area contributed by atoms with Gasteiger partial charge in [0.15, 0.2) is 0 Å². The molecule has 1 heterocycles. The fourth-order valence-corrected chi connectivity index (χ4v) is 2.67. The van der Waals surface area contributed by atoms with Crippen LogP contribution in [-0.4, -0.2) is 28.0 Å². The van der Waals surface area contributed by atoms with Gasteiger partial charge in [-0.05, 0) is 18.9 Å². The first kappa shape index (κ1) is 15.1. The number of carboxylic acids is 1. The largest absolute Gasteiger partial charge is 0.481 e. The van der Waals surface area contributed by atoms with Gasteiger partial charge in [-0.3, -0.25) is 9.59 Å². The van der Waals surface area contributed by atoms with E-state index in [9.17, 15) is 14.7 Å². The van der Waals surface area contributed by atoms with Crippen molar-refractivity contribution in [3.05, 3.63) is 28.0 Å². The van der Waals surface area contributed by atoms with Crippen LogP contribution < -0.4 is 5.32 Å². The van der Waals surface area contributed by atoms with Gasteiger partial charge in [0.25, 0.3) is 5.91 Å². The number of aliphatic carboxylic acids is 1.